The van der Waals surface area contributed by atoms with Gasteiger partial charge in [-0.25, -0.2) is 0 Å². The Kier molecular flexibility index (Phi) is 5.03. The number of unbranched alkanes of at least 4 members (excludes halogenated alkanes) is 1. The van der Waals surface area contributed by atoms with Gasteiger partial charge in [0.2, 0.25) is 0 Å². The monoisotopic (exact) mass is 294 g/mol. The summed E-state index contributed by atoms with van der Waals surface area (Å²) in [5.74, 6) is 0.0439. The van der Waals surface area contributed by atoms with E-state index in [4.69, 9.17) is 0 Å². The molecule has 4 nitrogen and oxygen atoms in total. The first-order valence-electron chi connectivity index (χ1n) is 6.72. The normalized spacial score (nSPS) is 10.9. The average molecular weight is 294 g/mol. The highest BCUT2D eigenvalue weighted by atomic mass is 19.3. The SMILES string of the molecule is CCCCn1cc(C=O)c(-c2cccc(OC(F)F)c2)n1. The third kappa shape index (κ3) is 3.87. The van der Waals surface area contributed by atoms with Crippen molar-refractivity contribution in [2.75, 3.05) is 0 Å². The first kappa shape index (κ1) is 15.2. The molecule has 21 heavy (non-hydrogen) atoms. The van der Waals surface area contributed by atoms with Crippen LogP contribution in [0.25, 0.3) is 11.3 Å². The van der Waals surface area contributed by atoms with Gasteiger partial charge in [0.05, 0.1) is 5.56 Å². The van der Waals surface area contributed by atoms with Gasteiger partial charge in [0.1, 0.15) is 11.4 Å². The van der Waals surface area contributed by atoms with Gasteiger partial charge in [-0.05, 0) is 18.6 Å². The van der Waals surface area contributed by atoms with Crippen LogP contribution in [0.3, 0.4) is 0 Å². The lowest BCUT2D eigenvalue weighted by Gasteiger charge is -2.05. The lowest BCUT2D eigenvalue weighted by atomic mass is 10.1. The number of rotatable bonds is 7. The number of hydrogen-bond donors (Lipinski definition) is 0. The molecule has 0 N–H and O–H groups in total. The Bertz CT molecular complexity index is 611. The molecular weight excluding hydrogens is 278 g/mol. The summed E-state index contributed by atoms with van der Waals surface area (Å²) >= 11 is 0. The maximum atomic E-state index is 12.2. The van der Waals surface area contributed by atoms with E-state index in [1.54, 1.807) is 23.0 Å². The largest absolute Gasteiger partial charge is 0.435 e. The van der Waals surface area contributed by atoms with Crippen molar-refractivity contribution in [1.82, 2.24) is 9.78 Å². The Balaban J connectivity index is 2.31. The third-order valence-electron chi connectivity index (χ3n) is 2.99. The molecule has 0 fully saturated rings. The zero-order chi connectivity index (χ0) is 15.2. The number of hydrogen-bond acceptors (Lipinski definition) is 3. The van der Waals surface area contributed by atoms with Crippen LogP contribution in [0.1, 0.15) is 30.1 Å². The van der Waals surface area contributed by atoms with E-state index in [0.29, 0.717) is 29.7 Å². The van der Waals surface area contributed by atoms with Crippen molar-refractivity contribution in [1.29, 1.82) is 0 Å². The molecule has 0 aliphatic carbocycles. The van der Waals surface area contributed by atoms with Gasteiger partial charge in [0.25, 0.3) is 0 Å². The summed E-state index contributed by atoms with van der Waals surface area (Å²) in [5, 5.41) is 4.35. The lowest BCUT2D eigenvalue weighted by Crippen LogP contribution is -2.02. The molecule has 0 radical (unpaired) electrons. The van der Waals surface area contributed by atoms with Gasteiger partial charge < -0.3 is 4.74 Å². The number of aldehydes is 1. The van der Waals surface area contributed by atoms with Crippen LogP contribution in [0.4, 0.5) is 8.78 Å². The predicted molar refractivity (Wildman–Crippen MR) is 74.6 cm³/mol. The number of alkyl halides is 2. The summed E-state index contributed by atoms with van der Waals surface area (Å²) in [4.78, 5) is 11.1. The minimum absolute atomic E-state index is 0.0439. The molecule has 6 heteroatoms. The molecule has 1 aromatic heterocycles. The van der Waals surface area contributed by atoms with E-state index in [9.17, 15) is 13.6 Å². The Labute approximate surface area is 121 Å². The molecule has 0 atom stereocenters. The zero-order valence-corrected chi connectivity index (χ0v) is 11.6. The van der Waals surface area contributed by atoms with E-state index in [2.05, 4.69) is 16.8 Å². The Morgan fingerprint density at radius 1 is 1.43 bits per heavy atom. The molecule has 0 amide bonds. The topological polar surface area (TPSA) is 44.1 Å². The molecule has 0 bridgehead atoms. The van der Waals surface area contributed by atoms with Crippen LogP contribution in [0.5, 0.6) is 5.75 Å². The average Bonchev–Trinajstić information content (AvgIpc) is 2.88. The first-order valence-corrected chi connectivity index (χ1v) is 6.72. The highest BCUT2D eigenvalue weighted by Gasteiger charge is 2.12. The molecule has 0 spiro atoms. The third-order valence-corrected chi connectivity index (χ3v) is 2.99. The molecule has 0 aliphatic rings. The first-order chi connectivity index (χ1) is 10.1. The van der Waals surface area contributed by atoms with Gasteiger partial charge in [-0.15, -0.1) is 0 Å². The molecule has 1 heterocycles. The number of benzene rings is 1. The molecule has 0 unspecified atom stereocenters. The number of carbonyl (C=O) groups is 1. The molecule has 2 aromatic rings. The second kappa shape index (κ2) is 6.97. The van der Waals surface area contributed by atoms with Crippen molar-refractivity contribution in [2.24, 2.45) is 0 Å². The molecule has 0 aliphatic heterocycles. The van der Waals surface area contributed by atoms with Gasteiger partial charge in [-0.3, -0.25) is 9.48 Å². The van der Waals surface area contributed by atoms with Crippen molar-refractivity contribution in [3.63, 3.8) is 0 Å². The fourth-order valence-electron chi connectivity index (χ4n) is 2.00. The fourth-order valence-corrected chi connectivity index (χ4v) is 2.00. The van der Waals surface area contributed by atoms with Crippen molar-refractivity contribution >= 4 is 6.29 Å². The number of nitrogens with zero attached hydrogens (tertiary/aromatic N) is 2. The maximum absolute atomic E-state index is 12.2. The second-order valence-electron chi connectivity index (χ2n) is 4.57. The van der Waals surface area contributed by atoms with Crippen molar-refractivity contribution in [3.05, 3.63) is 36.0 Å². The standard InChI is InChI=1S/C15H16F2N2O2/c1-2-3-7-19-9-12(10-20)14(18-19)11-5-4-6-13(8-11)21-15(16)17/h4-6,8-10,15H,2-3,7H2,1H3. The molecule has 0 saturated carbocycles. The van der Waals surface area contributed by atoms with Crippen LogP contribution in [0.2, 0.25) is 0 Å². The number of aromatic nitrogens is 2. The lowest BCUT2D eigenvalue weighted by molar-refractivity contribution is -0.0498. The van der Waals surface area contributed by atoms with Crippen molar-refractivity contribution in [2.45, 2.75) is 32.9 Å². The summed E-state index contributed by atoms with van der Waals surface area (Å²) < 4.78 is 30.6. The van der Waals surface area contributed by atoms with E-state index < -0.39 is 6.61 Å². The maximum Gasteiger partial charge on any atom is 0.387 e. The van der Waals surface area contributed by atoms with E-state index in [1.165, 1.54) is 12.1 Å². The second-order valence-corrected chi connectivity index (χ2v) is 4.57. The van der Waals surface area contributed by atoms with Crippen LogP contribution >= 0.6 is 0 Å². The van der Waals surface area contributed by atoms with Crippen molar-refractivity contribution in [3.8, 4) is 17.0 Å². The van der Waals surface area contributed by atoms with Crippen LogP contribution in [0, 0.1) is 0 Å². The van der Waals surface area contributed by atoms with Crippen LogP contribution < -0.4 is 4.74 Å². The van der Waals surface area contributed by atoms with Crippen LogP contribution in [0.15, 0.2) is 30.5 Å². The molecule has 0 saturated heterocycles. The van der Waals surface area contributed by atoms with Crippen LogP contribution in [-0.2, 0) is 6.54 Å². The summed E-state index contributed by atoms with van der Waals surface area (Å²) in [7, 11) is 0. The Morgan fingerprint density at radius 3 is 2.90 bits per heavy atom. The predicted octanol–water partition coefficient (Wildman–Crippen LogP) is 3.76. The smallest absolute Gasteiger partial charge is 0.387 e. The van der Waals surface area contributed by atoms with E-state index in [-0.39, 0.29) is 5.75 Å². The minimum Gasteiger partial charge on any atom is -0.435 e. The highest BCUT2D eigenvalue weighted by Crippen LogP contribution is 2.26. The van der Waals surface area contributed by atoms with Gasteiger partial charge in [-0.2, -0.15) is 13.9 Å². The fraction of sp³-hybridized carbons (Fsp3) is 0.333. The van der Waals surface area contributed by atoms with E-state index in [1.807, 2.05) is 0 Å². The Morgan fingerprint density at radius 2 is 2.24 bits per heavy atom. The summed E-state index contributed by atoms with van der Waals surface area (Å²) in [5.41, 5.74) is 1.48. The van der Waals surface area contributed by atoms with Gasteiger partial charge in [0.15, 0.2) is 6.29 Å². The van der Waals surface area contributed by atoms with E-state index >= 15 is 0 Å². The van der Waals surface area contributed by atoms with Crippen molar-refractivity contribution < 1.29 is 18.3 Å². The number of ether oxygens (including phenoxy) is 1. The molecule has 1 aromatic carbocycles. The molecule has 2 rings (SSSR count). The molecule has 112 valence electrons. The number of aryl methyl sites for hydroxylation is 1. The minimum atomic E-state index is -2.88. The zero-order valence-electron chi connectivity index (χ0n) is 11.6. The van der Waals surface area contributed by atoms with Crippen LogP contribution in [-0.4, -0.2) is 22.7 Å². The number of carbonyl (C=O) groups excluding carboxylic acids is 1. The Hall–Kier alpha value is -2.24. The quantitative estimate of drug-likeness (QED) is 0.730. The molecular formula is C15H16F2N2O2. The highest BCUT2D eigenvalue weighted by molar-refractivity contribution is 5.85. The summed E-state index contributed by atoms with van der Waals surface area (Å²) in [6.45, 7) is -0.103. The summed E-state index contributed by atoms with van der Waals surface area (Å²) in [6, 6.07) is 6.18. The number of halogens is 2. The van der Waals surface area contributed by atoms with Gasteiger partial charge >= 0.3 is 6.61 Å². The van der Waals surface area contributed by atoms with Gasteiger partial charge in [-0.1, -0.05) is 25.5 Å². The summed E-state index contributed by atoms with van der Waals surface area (Å²) in [6.07, 6.45) is 4.35. The van der Waals surface area contributed by atoms with Gasteiger partial charge in [0, 0.05) is 18.3 Å². The van der Waals surface area contributed by atoms with E-state index in [0.717, 1.165) is 12.8 Å².